The van der Waals surface area contributed by atoms with E-state index in [9.17, 15) is 4.79 Å². The molecule has 1 atom stereocenters. The number of nitrogens with one attached hydrogen (secondary N) is 1. The van der Waals surface area contributed by atoms with E-state index < -0.39 is 0 Å². The number of aryl methyl sites for hydroxylation is 1. The van der Waals surface area contributed by atoms with E-state index in [0.29, 0.717) is 30.8 Å². The van der Waals surface area contributed by atoms with E-state index in [-0.39, 0.29) is 0 Å². The van der Waals surface area contributed by atoms with Crippen molar-refractivity contribution in [3.63, 3.8) is 0 Å². The Morgan fingerprint density at radius 1 is 1.42 bits per heavy atom. The molecule has 3 rings (SSSR count). The van der Waals surface area contributed by atoms with Gasteiger partial charge in [-0.25, -0.2) is 0 Å². The highest BCUT2D eigenvalue weighted by Gasteiger charge is 2.34. The monoisotopic (exact) mass is 262 g/mol. The molecule has 0 spiro atoms. The Hall–Kier alpha value is -1.29. The van der Waals surface area contributed by atoms with Crippen LogP contribution in [0.2, 0.25) is 0 Å². The summed E-state index contributed by atoms with van der Waals surface area (Å²) in [5, 5.41) is 3.33. The topological polar surface area (TPSA) is 45.5 Å². The summed E-state index contributed by atoms with van der Waals surface area (Å²) in [4.78, 5) is 14.5. The van der Waals surface area contributed by atoms with Crippen LogP contribution in [0.5, 0.6) is 0 Å². The van der Waals surface area contributed by atoms with Crippen molar-refractivity contribution in [3.05, 3.63) is 23.7 Å². The van der Waals surface area contributed by atoms with Gasteiger partial charge in [0, 0.05) is 12.5 Å². The molecule has 4 nitrogen and oxygen atoms in total. The van der Waals surface area contributed by atoms with E-state index >= 15 is 0 Å². The molecule has 0 radical (unpaired) electrons. The fraction of sp³-hybridized carbons (Fsp3) is 0.667. The molecule has 1 saturated heterocycles. The van der Waals surface area contributed by atoms with Crippen molar-refractivity contribution in [3.8, 4) is 0 Å². The summed E-state index contributed by atoms with van der Waals surface area (Å²) in [6.45, 7) is 4.62. The second kappa shape index (κ2) is 5.37. The first kappa shape index (κ1) is 12.7. The van der Waals surface area contributed by atoms with Gasteiger partial charge in [0.2, 0.25) is 5.91 Å². The lowest BCUT2D eigenvalue weighted by Crippen LogP contribution is -2.34. The number of hydrogen-bond acceptors (Lipinski definition) is 3. The molecule has 1 unspecified atom stereocenters. The van der Waals surface area contributed by atoms with Gasteiger partial charge in [0.25, 0.3) is 0 Å². The van der Waals surface area contributed by atoms with Gasteiger partial charge in [-0.15, -0.1) is 0 Å². The zero-order valence-corrected chi connectivity index (χ0v) is 11.5. The van der Waals surface area contributed by atoms with Crippen molar-refractivity contribution < 1.29 is 9.21 Å². The summed E-state index contributed by atoms with van der Waals surface area (Å²) < 4.78 is 5.61. The van der Waals surface area contributed by atoms with Gasteiger partial charge < -0.3 is 14.6 Å². The Kier molecular flexibility index (Phi) is 3.60. The van der Waals surface area contributed by atoms with E-state index in [1.807, 2.05) is 24.0 Å². The Bertz CT molecular complexity index is 445. The normalized spacial score (nSPS) is 22.7. The molecule has 0 bridgehead atoms. The first-order chi connectivity index (χ1) is 9.22. The minimum Gasteiger partial charge on any atom is -0.464 e. The predicted octanol–water partition coefficient (Wildman–Crippen LogP) is 2.08. The minimum absolute atomic E-state index is 0.297. The molecule has 2 aliphatic rings. The Morgan fingerprint density at radius 2 is 2.26 bits per heavy atom. The molecule has 1 aromatic heterocycles. The average Bonchev–Trinajstić information content (AvgIpc) is 2.94. The predicted molar refractivity (Wildman–Crippen MR) is 72.6 cm³/mol. The fourth-order valence-electron chi connectivity index (χ4n) is 2.80. The Balaban J connectivity index is 1.61. The van der Waals surface area contributed by atoms with E-state index in [0.717, 1.165) is 43.9 Å². The lowest BCUT2D eigenvalue weighted by molar-refractivity contribution is -0.133. The third kappa shape index (κ3) is 3.18. The van der Waals surface area contributed by atoms with Crippen LogP contribution in [0.15, 0.2) is 16.5 Å². The first-order valence-electron chi connectivity index (χ1n) is 7.28. The van der Waals surface area contributed by atoms with E-state index in [1.165, 1.54) is 0 Å². The molecule has 1 aliphatic heterocycles. The van der Waals surface area contributed by atoms with E-state index in [2.05, 4.69) is 5.32 Å². The largest absolute Gasteiger partial charge is 0.464 e. The molecular formula is C15H22N2O2. The minimum atomic E-state index is 0.297. The number of furan rings is 1. The van der Waals surface area contributed by atoms with Gasteiger partial charge in [-0.05, 0) is 57.3 Å². The molecule has 1 N–H and O–H groups in total. The number of rotatable bonds is 5. The number of carbonyl (C=O) groups is 1. The third-order valence-corrected chi connectivity index (χ3v) is 4.06. The fourth-order valence-corrected chi connectivity index (χ4v) is 2.80. The Labute approximate surface area is 114 Å². The molecule has 4 heteroatoms. The quantitative estimate of drug-likeness (QED) is 0.883. The highest BCUT2D eigenvalue weighted by atomic mass is 16.3. The summed E-state index contributed by atoms with van der Waals surface area (Å²) in [6.07, 6.45) is 4.11. The zero-order valence-electron chi connectivity index (χ0n) is 11.5. The number of nitrogens with zero attached hydrogens (tertiary/aromatic N) is 1. The molecule has 1 saturated carbocycles. The first-order valence-corrected chi connectivity index (χ1v) is 7.28. The molecule has 1 aromatic rings. The molecule has 1 aliphatic carbocycles. The molecule has 104 valence electrons. The molecule has 19 heavy (non-hydrogen) atoms. The summed E-state index contributed by atoms with van der Waals surface area (Å²) in [5.74, 6) is 2.64. The molecule has 2 fully saturated rings. The lowest BCUT2D eigenvalue weighted by atomic mass is 10.0. The third-order valence-electron chi connectivity index (χ3n) is 4.06. The van der Waals surface area contributed by atoms with Gasteiger partial charge in [0.15, 0.2) is 0 Å². The van der Waals surface area contributed by atoms with Crippen LogP contribution < -0.4 is 5.32 Å². The van der Waals surface area contributed by atoms with Crippen molar-refractivity contribution in [1.82, 2.24) is 10.2 Å². The van der Waals surface area contributed by atoms with Crippen LogP contribution in [-0.2, 0) is 11.3 Å². The van der Waals surface area contributed by atoms with E-state index in [1.54, 1.807) is 0 Å². The van der Waals surface area contributed by atoms with Crippen molar-refractivity contribution in [2.45, 2.75) is 45.2 Å². The van der Waals surface area contributed by atoms with Gasteiger partial charge >= 0.3 is 0 Å². The SMILES string of the molecule is Cc1ccc(CN(C(=O)CC2CCNC2)C2CC2)o1. The summed E-state index contributed by atoms with van der Waals surface area (Å²) in [5.41, 5.74) is 0. The smallest absolute Gasteiger partial charge is 0.223 e. The van der Waals surface area contributed by atoms with Crippen molar-refractivity contribution in [1.29, 1.82) is 0 Å². The van der Waals surface area contributed by atoms with Gasteiger partial charge in [0.1, 0.15) is 11.5 Å². The lowest BCUT2D eigenvalue weighted by Gasteiger charge is -2.22. The maximum atomic E-state index is 12.4. The highest BCUT2D eigenvalue weighted by Crippen LogP contribution is 2.30. The second-order valence-corrected chi connectivity index (χ2v) is 5.83. The number of carbonyl (C=O) groups excluding carboxylic acids is 1. The molecule has 1 amide bonds. The van der Waals surface area contributed by atoms with Crippen LogP contribution >= 0.6 is 0 Å². The molecule has 0 aromatic carbocycles. The van der Waals surface area contributed by atoms with Crippen LogP contribution in [-0.4, -0.2) is 29.9 Å². The van der Waals surface area contributed by atoms with Crippen LogP contribution in [0.3, 0.4) is 0 Å². The maximum Gasteiger partial charge on any atom is 0.223 e. The average molecular weight is 262 g/mol. The van der Waals surface area contributed by atoms with Gasteiger partial charge in [-0.1, -0.05) is 0 Å². The highest BCUT2D eigenvalue weighted by molar-refractivity contribution is 5.77. The van der Waals surface area contributed by atoms with Crippen LogP contribution in [0.1, 0.15) is 37.2 Å². The number of amides is 1. The number of hydrogen-bond donors (Lipinski definition) is 1. The summed E-state index contributed by atoms with van der Waals surface area (Å²) in [7, 11) is 0. The Morgan fingerprint density at radius 3 is 2.84 bits per heavy atom. The summed E-state index contributed by atoms with van der Waals surface area (Å²) in [6, 6.07) is 4.40. The van der Waals surface area contributed by atoms with Crippen LogP contribution in [0, 0.1) is 12.8 Å². The summed E-state index contributed by atoms with van der Waals surface area (Å²) >= 11 is 0. The standard InChI is InChI=1S/C15H22N2O2/c1-11-2-5-14(19-11)10-17(13-3-4-13)15(18)8-12-6-7-16-9-12/h2,5,12-13,16H,3-4,6-10H2,1H3. The van der Waals surface area contributed by atoms with Crippen LogP contribution in [0.4, 0.5) is 0 Å². The van der Waals surface area contributed by atoms with Crippen molar-refractivity contribution in [2.24, 2.45) is 5.92 Å². The molecular weight excluding hydrogens is 240 g/mol. The maximum absolute atomic E-state index is 12.4. The van der Waals surface area contributed by atoms with Gasteiger partial charge in [-0.3, -0.25) is 4.79 Å². The van der Waals surface area contributed by atoms with Gasteiger partial charge in [-0.2, -0.15) is 0 Å². The zero-order chi connectivity index (χ0) is 13.2. The van der Waals surface area contributed by atoms with Crippen molar-refractivity contribution in [2.75, 3.05) is 13.1 Å². The second-order valence-electron chi connectivity index (χ2n) is 5.83. The molecule has 2 heterocycles. The van der Waals surface area contributed by atoms with Gasteiger partial charge in [0.05, 0.1) is 6.54 Å². The van der Waals surface area contributed by atoms with E-state index in [4.69, 9.17) is 4.42 Å². The van der Waals surface area contributed by atoms with Crippen molar-refractivity contribution >= 4 is 5.91 Å². The van der Waals surface area contributed by atoms with Crippen LogP contribution in [0.25, 0.3) is 0 Å².